The largest absolute Gasteiger partial charge is 0.391 e. The molecule has 19 heavy (non-hydrogen) atoms. The zero-order valence-corrected chi connectivity index (χ0v) is 12.5. The third-order valence-electron chi connectivity index (χ3n) is 3.11. The fourth-order valence-electron chi connectivity index (χ4n) is 2.00. The highest BCUT2D eigenvalue weighted by Gasteiger charge is 2.27. The van der Waals surface area contributed by atoms with Crippen LogP contribution in [-0.4, -0.2) is 41.9 Å². The van der Waals surface area contributed by atoms with Gasteiger partial charge in [0.05, 0.1) is 12.7 Å². The summed E-state index contributed by atoms with van der Waals surface area (Å²) >= 11 is 3.40. The van der Waals surface area contributed by atoms with E-state index in [-0.39, 0.29) is 5.91 Å². The molecule has 2 rings (SSSR count). The van der Waals surface area contributed by atoms with Gasteiger partial charge < -0.3 is 19.7 Å². The van der Waals surface area contributed by atoms with Gasteiger partial charge in [-0.25, -0.2) is 0 Å². The number of hydrogen-bond acceptors (Lipinski definition) is 3. The van der Waals surface area contributed by atoms with E-state index >= 15 is 0 Å². The Morgan fingerprint density at radius 2 is 2.42 bits per heavy atom. The molecule has 1 aliphatic carbocycles. The summed E-state index contributed by atoms with van der Waals surface area (Å²) in [6.07, 6.45) is 4.17. The monoisotopic (exact) mass is 330 g/mol. The smallest absolute Gasteiger partial charge is 0.267 e. The van der Waals surface area contributed by atoms with Gasteiger partial charge in [-0.3, -0.25) is 4.79 Å². The van der Waals surface area contributed by atoms with Gasteiger partial charge in [0.1, 0.15) is 5.69 Å². The van der Waals surface area contributed by atoms with Gasteiger partial charge in [0.15, 0.2) is 0 Å². The van der Waals surface area contributed by atoms with Crippen molar-refractivity contribution in [1.29, 1.82) is 0 Å². The summed E-state index contributed by atoms with van der Waals surface area (Å²) in [5.41, 5.74) is 0.676. The van der Waals surface area contributed by atoms with Gasteiger partial charge in [0.25, 0.3) is 5.91 Å². The molecule has 1 atom stereocenters. The Hall–Kier alpha value is -0.850. The lowest BCUT2D eigenvalue weighted by atomic mass is 10.2. The number of hydrogen-bond donors (Lipinski definition) is 2. The number of halogens is 1. The van der Waals surface area contributed by atoms with E-state index in [0.717, 1.165) is 17.3 Å². The van der Waals surface area contributed by atoms with Crippen LogP contribution in [0.25, 0.3) is 0 Å². The molecule has 5 nitrogen and oxygen atoms in total. The molecule has 1 unspecified atom stereocenters. The van der Waals surface area contributed by atoms with E-state index in [1.54, 1.807) is 7.11 Å². The Balaban J connectivity index is 1.86. The first-order chi connectivity index (χ1) is 9.11. The highest BCUT2D eigenvalue weighted by atomic mass is 79.9. The maximum atomic E-state index is 12.1. The molecule has 106 valence electrons. The number of nitrogens with one attached hydrogen (secondary N) is 1. The van der Waals surface area contributed by atoms with E-state index in [0.29, 0.717) is 31.3 Å². The minimum absolute atomic E-state index is 0.0952. The van der Waals surface area contributed by atoms with Crippen LogP contribution in [0.5, 0.6) is 0 Å². The van der Waals surface area contributed by atoms with Crippen molar-refractivity contribution in [3.63, 3.8) is 0 Å². The molecule has 6 heteroatoms. The quantitative estimate of drug-likeness (QED) is 0.800. The molecule has 1 amide bonds. The standard InChI is InChI=1S/C13H19BrN2O3/c1-19-8-11(17)4-5-15-13(18)12-6-9(14)7-16(12)10-2-3-10/h6-7,10-11,17H,2-5,8H2,1H3,(H,15,18). The second kappa shape index (κ2) is 6.54. The van der Waals surface area contributed by atoms with E-state index in [4.69, 9.17) is 4.74 Å². The van der Waals surface area contributed by atoms with Crippen molar-refractivity contribution in [2.75, 3.05) is 20.3 Å². The highest BCUT2D eigenvalue weighted by molar-refractivity contribution is 9.10. The first-order valence-electron chi connectivity index (χ1n) is 6.44. The lowest BCUT2D eigenvalue weighted by molar-refractivity contribution is 0.0587. The lowest BCUT2D eigenvalue weighted by Gasteiger charge is -2.11. The number of amides is 1. The van der Waals surface area contributed by atoms with Crippen LogP contribution in [0, 0.1) is 0 Å². The van der Waals surface area contributed by atoms with E-state index in [1.165, 1.54) is 0 Å². The Bertz CT molecular complexity index is 443. The van der Waals surface area contributed by atoms with Gasteiger partial charge in [-0.05, 0) is 41.3 Å². The molecule has 0 aromatic carbocycles. The third kappa shape index (κ3) is 4.06. The molecule has 1 aromatic rings. The summed E-state index contributed by atoms with van der Waals surface area (Å²) in [5.74, 6) is -0.0952. The summed E-state index contributed by atoms with van der Waals surface area (Å²) in [4.78, 5) is 12.1. The molecule has 1 aromatic heterocycles. The number of aromatic nitrogens is 1. The van der Waals surface area contributed by atoms with Crippen LogP contribution in [0.4, 0.5) is 0 Å². The van der Waals surface area contributed by atoms with Gasteiger partial charge >= 0.3 is 0 Å². The summed E-state index contributed by atoms with van der Waals surface area (Å²) in [7, 11) is 1.54. The van der Waals surface area contributed by atoms with Crippen LogP contribution in [-0.2, 0) is 4.74 Å². The molecule has 0 aliphatic heterocycles. The van der Waals surface area contributed by atoms with Crippen LogP contribution < -0.4 is 5.32 Å². The molecule has 1 heterocycles. The molecule has 0 spiro atoms. The molecule has 1 saturated carbocycles. The fourth-order valence-corrected chi connectivity index (χ4v) is 2.44. The molecule has 0 radical (unpaired) electrons. The van der Waals surface area contributed by atoms with Crippen molar-refractivity contribution in [3.05, 3.63) is 22.4 Å². The van der Waals surface area contributed by atoms with Crippen molar-refractivity contribution in [1.82, 2.24) is 9.88 Å². The average Bonchev–Trinajstić information content (AvgIpc) is 3.12. The van der Waals surface area contributed by atoms with Crippen LogP contribution >= 0.6 is 15.9 Å². The average molecular weight is 331 g/mol. The Morgan fingerprint density at radius 1 is 1.68 bits per heavy atom. The predicted octanol–water partition coefficient (Wildman–Crippen LogP) is 1.71. The van der Waals surface area contributed by atoms with Crippen LogP contribution in [0.3, 0.4) is 0 Å². The van der Waals surface area contributed by atoms with Crippen LogP contribution in [0.15, 0.2) is 16.7 Å². The number of ether oxygens (including phenoxy) is 1. The van der Waals surface area contributed by atoms with E-state index in [9.17, 15) is 9.90 Å². The number of aliphatic hydroxyl groups excluding tert-OH is 1. The molecule has 1 fully saturated rings. The molecular weight excluding hydrogens is 312 g/mol. The molecule has 1 aliphatic rings. The molecular formula is C13H19BrN2O3. The minimum Gasteiger partial charge on any atom is -0.391 e. The first kappa shape index (κ1) is 14.6. The Morgan fingerprint density at radius 3 is 3.05 bits per heavy atom. The number of nitrogens with zero attached hydrogens (tertiary/aromatic N) is 1. The molecule has 2 N–H and O–H groups in total. The summed E-state index contributed by atoms with van der Waals surface area (Å²) < 4.78 is 7.77. The van der Waals surface area contributed by atoms with Crippen molar-refractivity contribution in [3.8, 4) is 0 Å². The predicted molar refractivity (Wildman–Crippen MR) is 75.2 cm³/mol. The maximum absolute atomic E-state index is 12.1. The highest BCUT2D eigenvalue weighted by Crippen LogP contribution is 2.37. The lowest BCUT2D eigenvalue weighted by Crippen LogP contribution is -2.29. The van der Waals surface area contributed by atoms with Crippen LogP contribution in [0.2, 0.25) is 0 Å². The second-order valence-electron chi connectivity index (χ2n) is 4.84. The van der Waals surface area contributed by atoms with Gasteiger partial charge in [0.2, 0.25) is 0 Å². The summed E-state index contributed by atoms with van der Waals surface area (Å²) in [6, 6.07) is 2.30. The summed E-state index contributed by atoms with van der Waals surface area (Å²) in [6.45, 7) is 0.733. The number of aliphatic hydroxyl groups is 1. The Labute approximate surface area is 121 Å². The van der Waals surface area contributed by atoms with Gasteiger partial charge in [-0.15, -0.1) is 0 Å². The maximum Gasteiger partial charge on any atom is 0.267 e. The minimum atomic E-state index is -0.535. The Kier molecular flexibility index (Phi) is 5.01. The van der Waals surface area contributed by atoms with Crippen molar-refractivity contribution in [2.45, 2.75) is 31.4 Å². The molecule has 0 bridgehead atoms. The number of methoxy groups -OCH3 is 1. The number of carbonyl (C=O) groups is 1. The van der Waals surface area contributed by atoms with Gasteiger partial charge in [-0.2, -0.15) is 0 Å². The second-order valence-corrected chi connectivity index (χ2v) is 5.75. The van der Waals surface area contributed by atoms with E-state index in [2.05, 4.69) is 21.2 Å². The third-order valence-corrected chi connectivity index (χ3v) is 3.54. The zero-order valence-electron chi connectivity index (χ0n) is 10.9. The van der Waals surface area contributed by atoms with Crippen molar-refractivity contribution < 1.29 is 14.6 Å². The van der Waals surface area contributed by atoms with Gasteiger partial charge in [-0.1, -0.05) is 0 Å². The van der Waals surface area contributed by atoms with E-state index in [1.807, 2.05) is 16.8 Å². The number of rotatable bonds is 7. The van der Waals surface area contributed by atoms with Gasteiger partial charge in [0, 0.05) is 30.4 Å². The zero-order chi connectivity index (χ0) is 13.8. The normalized spacial score (nSPS) is 16.4. The molecule has 0 saturated heterocycles. The SMILES string of the molecule is COCC(O)CCNC(=O)c1cc(Br)cn1C1CC1. The first-order valence-corrected chi connectivity index (χ1v) is 7.23. The number of carbonyl (C=O) groups excluding carboxylic acids is 1. The van der Waals surface area contributed by atoms with Crippen LogP contribution in [0.1, 0.15) is 35.8 Å². The summed E-state index contributed by atoms with van der Waals surface area (Å²) in [5, 5.41) is 12.3. The van der Waals surface area contributed by atoms with Crippen molar-refractivity contribution >= 4 is 21.8 Å². The van der Waals surface area contributed by atoms with E-state index < -0.39 is 6.10 Å². The topological polar surface area (TPSA) is 63.5 Å². The fraction of sp³-hybridized carbons (Fsp3) is 0.615. The van der Waals surface area contributed by atoms with Crippen molar-refractivity contribution in [2.24, 2.45) is 0 Å².